The number of nitrogens with one attached hydrogen (secondary N) is 1. The lowest BCUT2D eigenvalue weighted by molar-refractivity contribution is 0.0955. The molecule has 0 unspecified atom stereocenters. The molecule has 1 amide bonds. The highest BCUT2D eigenvalue weighted by Gasteiger charge is 2.08. The van der Waals surface area contributed by atoms with E-state index in [9.17, 15) is 4.79 Å². The Bertz CT molecular complexity index is 427. The number of hydrazone groups is 1. The van der Waals surface area contributed by atoms with E-state index in [1.54, 1.807) is 24.3 Å². The third kappa shape index (κ3) is 4.57. The van der Waals surface area contributed by atoms with E-state index in [1.807, 2.05) is 6.92 Å². The van der Waals surface area contributed by atoms with Crippen molar-refractivity contribution in [2.45, 2.75) is 27.2 Å². The van der Waals surface area contributed by atoms with Crippen LogP contribution in [-0.4, -0.2) is 11.6 Å². The number of halogens is 1. The number of benzene rings is 1. The maximum Gasteiger partial charge on any atom is 0.272 e. The molecular formula is C13H17ClN2O. The number of nitrogens with zero attached hydrogens (tertiary/aromatic N) is 1. The number of carbonyl (C=O) groups is 1. The number of rotatable bonds is 4. The topological polar surface area (TPSA) is 41.5 Å². The Balaban J connectivity index is 2.65. The maximum absolute atomic E-state index is 11.8. The van der Waals surface area contributed by atoms with Gasteiger partial charge in [0.05, 0.1) is 10.6 Å². The lowest BCUT2D eigenvalue weighted by Crippen LogP contribution is -2.19. The Kier molecular flexibility index (Phi) is 5.16. The monoisotopic (exact) mass is 252 g/mol. The summed E-state index contributed by atoms with van der Waals surface area (Å²) >= 11 is 5.91. The van der Waals surface area contributed by atoms with Crippen LogP contribution in [0.25, 0.3) is 0 Å². The minimum Gasteiger partial charge on any atom is -0.267 e. The average Bonchev–Trinajstić information content (AvgIpc) is 2.25. The molecule has 0 bridgehead atoms. The number of hydrogen-bond donors (Lipinski definition) is 1. The van der Waals surface area contributed by atoms with Crippen molar-refractivity contribution in [1.29, 1.82) is 0 Å². The van der Waals surface area contributed by atoms with E-state index in [-0.39, 0.29) is 5.91 Å². The molecule has 92 valence electrons. The summed E-state index contributed by atoms with van der Waals surface area (Å²) in [5.41, 5.74) is 3.85. The van der Waals surface area contributed by atoms with Crippen molar-refractivity contribution in [2.75, 3.05) is 0 Å². The van der Waals surface area contributed by atoms with Crippen molar-refractivity contribution in [1.82, 2.24) is 5.43 Å². The van der Waals surface area contributed by atoms with E-state index in [1.165, 1.54) is 0 Å². The third-order valence-corrected chi connectivity index (χ3v) is 2.50. The smallest absolute Gasteiger partial charge is 0.267 e. The molecule has 0 heterocycles. The average molecular weight is 253 g/mol. The summed E-state index contributed by atoms with van der Waals surface area (Å²) in [6, 6.07) is 6.91. The second-order valence-electron chi connectivity index (χ2n) is 4.37. The van der Waals surface area contributed by atoms with Gasteiger partial charge in [0.15, 0.2) is 0 Å². The largest absolute Gasteiger partial charge is 0.272 e. The van der Waals surface area contributed by atoms with Crippen LogP contribution >= 0.6 is 11.6 Å². The van der Waals surface area contributed by atoms with E-state index >= 15 is 0 Å². The van der Waals surface area contributed by atoms with E-state index in [4.69, 9.17) is 11.6 Å². The highest BCUT2D eigenvalue weighted by molar-refractivity contribution is 6.33. The van der Waals surface area contributed by atoms with Gasteiger partial charge >= 0.3 is 0 Å². The number of carbonyl (C=O) groups excluding carboxylic acids is 1. The van der Waals surface area contributed by atoms with Crippen molar-refractivity contribution in [2.24, 2.45) is 11.0 Å². The van der Waals surface area contributed by atoms with Gasteiger partial charge in [0.25, 0.3) is 5.91 Å². The molecule has 1 rings (SSSR count). The van der Waals surface area contributed by atoms with Crippen LogP contribution in [0.2, 0.25) is 5.02 Å². The zero-order valence-corrected chi connectivity index (χ0v) is 11.1. The first kappa shape index (κ1) is 13.7. The van der Waals surface area contributed by atoms with Gasteiger partial charge in [0.2, 0.25) is 0 Å². The van der Waals surface area contributed by atoms with Crippen molar-refractivity contribution < 1.29 is 4.79 Å². The zero-order chi connectivity index (χ0) is 12.8. The molecule has 4 heteroatoms. The van der Waals surface area contributed by atoms with Gasteiger partial charge in [0, 0.05) is 5.71 Å². The molecule has 1 aromatic rings. The molecule has 0 saturated heterocycles. The second-order valence-corrected chi connectivity index (χ2v) is 4.77. The summed E-state index contributed by atoms with van der Waals surface area (Å²) in [6.07, 6.45) is 0.864. The summed E-state index contributed by atoms with van der Waals surface area (Å²) in [7, 11) is 0. The SMILES string of the molecule is CC(CC(C)C)=NNC(=O)c1ccccc1Cl. The Morgan fingerprint density at radius 2 is 2.06 bits per heavy atom. The van der Waals surface area contributed by atoms with Crippen LogP contribution in [0.4, 0.5) is 0 Å². The van der Waals surface area contributed by atoms with Gasteiger partial charge in [-0.3, -0.25) is 4.79 Å². The van der Waals surface area contributed by atoms with Crippen molar-refractivity contribution in [3.63, 3.8) is 0 Å². The molecule has 0 spiro atoms. The highest BCUT2D eigenvalue weighted by atomic mass is 35.5. The molecule has 0 atom stereocenters. The van der Waals surface area contributed by atoms with Gasteiger partial charge < -0.3 is 0 Å². The van der Waals surface area contributed by atoms with Gasteiger partial charge in [-0.15, -0.1) is 0 Å². The molecule has 1 N–H and O–H groups in total. The van der Waals surface area contributed by atoms with E-state index < -0.39 is 0 Å². The fourth-order valence-corrected chi connectivity index (χ4v) is 1.71. The summed E-state index contributed by atoms with van der Waals surface area (Å²) < 4.78 is 0. The molecule has 1 aromatic carbocycles. The van der Waals surface area contributed by atoms with Crippen LogP contribution in [0.3, 0.4) is 0 Å². The standard InChI is InChI=1S/C13H17ClN2O/c1-9(2)8-10(3)15-16-13(17)11-6-4-5-7-12(11)14/h4-7,9H,8H2,1-3H3,(H,16,17). The predicted molar refractivity (Wildman–Crippen MR) is 71.5 cm³/mol. The molecule has 0 aliphatic heterocycles. The van der Waals surface area contributed by atoms with Gasteiger partial charge in [-0.2, -0.15) is 5.10 Å². The van der Waals surface area contributed by atoms with Gasteiger partial charge in [0.1, 0.15) is 0 Å². The van der Waals surface area contributed by atoms with Gasteiger partial charge in [-0.25, -0.2) is 5.43 Å². The van der Waals surface area contributed by atoms with Crippen molar-refractivity contribution in [3.8, 4) is 0 Å². The highest BCUT2D eigenvalue weighted by Crippen LogP contribution is 2.14. The Labute approximate surface area is 107 Å². The van der Waals surface area contributed by atoms with Gasteiger partial charge in [-0.05, 0) is 31.4 Å². The summed E-state index contributed by atoms with van der Waals surface area (Å²) in [4.78, 5) is 11.8. The molecule has 3 nitrogen and oxygen atoms in total. The van der Waals surface area contributed by atoms with Crippen LogP contribution in [0.15, 0.2) is 29.4 Å². The third-order valence-electron chi connectivity index (χ3n) is 2.17. The first-order valence-electron chi connectivity index (χ1n) is 5.58. The predicted octanol–water partition coefficient (Wildman–Crippen LogP) is 3.49. The van der Waals surface area contributed by atoms with E-state index in [0.29, 0.717) is 16.5 Å². The molecule has 0 aliphatic rings. The van der Waals surface area contributed by atoms with Crippen LogP contribution in [0.1, 0.15) is 37.6 Å². The molecular weight excluding hydrogens is 236 g/mol. The van der Waals surface area contributed by atoms with Crippen molar-refractivity contribution >= 4 is 23.2 Å². The van der Waals surface area contributed by atoms with Crippen LogP contribution in [0.5, 0.6) is 0 Å². The number of hydrogen-bond acceptors (Lipinski definition) is 2. The summed E-state index contributed by atoms with van der Waals surface area (Å²) in [5.74, 6) is 0.245. The molecule has 17 heavy (non-hydrogen) atoms. The molecule has 0 saturated carbocycles. The fraction of sp³-hybridized carbons (Fsp3) is 0.385. The quantitative estimate of drug-likeness (QED) is 0.647. The minimum atomic E-state index is -0.279. The lowest BCUT2D eigenvalue weighted by Gasteiger charge is -2.05. The van der Waals surface area contributed by atoms with Crippen LogP contribution in [0, 0.1) is 5.92 Å². The van der Waals surface area contributed by atoms with Crippen LogP contribution in [-0.2, 0) is 0 Å². The molecule has 0 radical (unpaired) electrons. The van der Waals surface area contributed by atoms with E-state index in [0.717, 1.165) is 12.1 Å². The summed E-state index contributed by atoms with van der Waals surface area (Å²) in [6.45, 7) is 6.11. The first-order chi connectivity index (χ1) is 8.00. The van der Waals surface area contributed by atoms with E-state index in [2.05, 4.69) is 24.4 Å². The van der Waals surface area contributed by atoms with Crippen LogP contribution < -0.4 is 5.43 Å². The minimum absolute atomic E-state index is 0.279. The molecule has 0 aromatic heterocycles. The van der Waals surface area contributed by atoms with Crippen molar-refractivity contribution in [3.05, 3.63) is 34.9 Å². The Morgan fingerprint density at radius 3 is 2.65 bits per heavy atom. The lowest BCUT2D eigenvalue weighted by atomic mass is 10.1. The zero-order valence-electron chi connectivity index (χ0n) is 10.3. The van der Waals surface area contributed by atoms with Gasteiger partial charge in [-0.1, -0.05) is 37.6 Å². The number of amides is 1. The Morgan fingerprint density at radius 1 is 1.41 bits per heavy atom. The fourth-order valence-electron chi connectivity index (χ4n) is 1.49. The maximum atomic E-state index is 11.8. The Hall–Kier alpha value is -1.35. The molecule has 0 aliphatic carbocycles. The molecule has 0 fully saturated rings. The normalized spacial score (nSPS) is 11.7. The second kappa shape index (κ2) is 6.40. The summed E-state index contributed by atoms with van der Waals surface area (Å²) in [5, 5.41) is 4.47. The first-order valence-corrected chi connectivity index (χ1v) is 5.96.